The summed E-state index contributed by atoms with van der Waals surface area (Å²) in [4.78, 5) is 33.0. The molecule has 19 heavy (non-hydrogen) atoms. The van der Waals surface area contributed by atoms with Crippen LogP contribution in [-0.2, 0) is 13.0 Å². The number of aliphatic hydroxyl groups is 1. The summed E-state index contributed by atoms with van der Waals surface area (Å²) in [6, 6.07) is 0. The molecule has 2 rings (SSSR count). The molecule has 0 bridgehead atoms. The molecule has 0 radical (unpaired) electrons. The summed E-state index contributed by atoms with van der Waals surface area (Å²) in [5.74, 6) is 0.671. The third-order valence-corrected chi connectivity index (χ3v) is 2.95. The van der Waals surface area contributed by atoms with Crippen molar-refractivity contribution in [3.05, 3.63) is 26.7 Å². The van der Waals surface area contributed by atoms with Crippen LogP contribution in [0.4, 0.5) is 0 Å². The molecule has 0 saturated heterocycles. The molecule has 7 heteroatoms. The highest BCUT2D eigenvalue weighted by Crippen LogP contribution is 2.08. The second-order valence-electron chi connectivity index (χ2n) is 4.47. The van der Waals surface area contributed by atoms with E-state index in [9.17, 15) is 9.59 Å². The minimum atomic E-state index is -0.437. The van der Waals surface area contributed by atoms with Gasteiger partial charge in [-0.2, -0.15) is 0 Å². The highest BCUT2D eigenvalue weighted by atomic mass is 16.3. The van der Waals surface area contributed by atoms with Gasteiger partial charge in [0.05, 0.1) is 0 Å². The summed E-state index contributed by atoms with van der Waals surface area (Å²) < 4.78 is 1.47. The molecule has 0 fully saturated rings. The first-order valence-corrected chi connectivity index (χ1v) is 6.50. The quantitative estimate of drug-likeness (QED) is 0.647. The molecular weight excluding hydrogens is 248 g/mol. The minimum Gasteiger partial charge on any atom is -0.396 e. The Hall–Kier alpha value is -1.89. The van der Waals surface area contributed by atoms with E-state index in [2.05, 4.69) is 15.0 Å². The Morgan fingerprint density at radius 1 is 1.26 bits per heavy atom. The number of imidazole rings is 1. The fraction of sp³-hybridized carbons (Fsp3) is 0.583. The first-order chi connectivity index (χ1) is 9.17. The molecule has 2 aromatic heterocycles. The summed E-state index contributed by atoms with van der Waals surface area (Å²) in [5.41, 5.74) is -0.109. The van der Waals surface area contributed by atoms with E-state index in [-0.39, 0.29) is 6.61 Å². The number of hydrogen-bond acceptors (Lipinski definition) is 4. The maximum atomic E-state index is 11.7. The van der Waals surface area contributed by atoms with Gasteiger partial charge in [0, 0.05) is 19.6 Å². The number of H-pyrrole nitrogens is 2. The molecule has 0 aliphatic carbocycles. The zero-order valence-corrected chi connectivity index (χ0v) is 10.9. The van der Waals surface area contributed by atoms with Crippen LogP contribution in [0.5, 0.6) is 0 Å². The van der Waals surface area contributed by atoms with E-state index in [4.69, 9.17) is 5.11 Å². The molecule has 0 aliphatic heterocycles. The highest BCUT2D eigenvalue weighted by molar-refractivity contribution is 5.69. The molecule has 7 nitrogen and oxygen atoms in total. The molecular formula is C12H18N4O3. The monoisotopic (exact) mass is 266 g/mol. The van der Waals surface area contributed by atoms with Crippen LogP contribution >= 0.6 is 0 Å². The molecule has 0 saturated carbocycles. The van der Waals surface area contributed by atoms with E-state index >= 15 is 0 Å². The fourth-order valence-electron chi connectivity index (χ4n) is 2.04. The predicted octanol–water partition coefficient (Wildman–Crippen LogP) is 0.138. The lowest BCUT2D eigenvalue weighted by molar-refractivity contribution is 0.284. The number of aryl methyl sites for hydroxylation is 2. The van der Waals surface area contributed by atoms with E-state index in [1.165, 1.54) is 4.57 Å². The number of unbranched alkanes of at least 4 members (excludes halogenated alkanes) is 1. The maximum absolute atomic E-state index is 11.7. The first kappa shape index (κ1) is 13.5. The Balaban J connectivity index is 2.45. The standard InChI is InChI=1S/C12H18N4O3/c1-2-6-16-10-9(11(18)15-12(16)19)13-8(14-10)5-3-4-7-17/h17H,2-7H2,1H3,(H,13,14)(H,15,18,19). The van der Waals surface area contributed by atoms with E-state index in [1.54, 1.807) is 0 Å². The number of nitrogens with zero attached hydrogens (tertiary/aromatic N) is 2. The van der Waals surface area contributed by atoms with Gasteiger partial charge in [-0.05, 0) is 19.3 Å². The Morgan fingerprint density at radius 2 is 2.05 bits per heavy atom. The zero-order valence-electron chi connectivity index (χ0n) is 10.9. The molecule has 0 amide bonds. The number of aromatic nitrogens is 4. The lowest BCUT2D eigenvalue weighted by Gasteiger charge is -2.02. The van der Waals surface area contributed by atoms with Gasteiger partial charge in [0.1, 0.15) is 11.3 Å². The van der Waals surface area contributed by atoms with Crippen LogP contribution in [0.2, 0.25) is 0 Å². The van der Waals surface area contributed by atoms with Gasteiger partial charge in [-0.25, -0.2) is 9.78 Å². The van der Waals surface area contributed by atoms with Crippen molar-refractivity contribution in [2.75, 3.05) is 6.61 Å². The topological polar surface area (TPSA) is 104 Å². The maximum Gasteiger partial charge on any atom is 0.330 e. The van der Waals surface area contributed by atoms with Crippen LogP contribution in [0.15, 0.2) is 9.59 Å². The summed E-state index contributed by atoms with van der Waals surface area (Å²) in [6.07, 6.45) is 2.91. The molecule has 0 aromatic carbocycles. The van der Waals surface area contributed by atoms with Crippen LogP contribution in [0.3, 0.4) is 0 Å². The minimum absolute atomic E-state index is 0.140. The van der Waals surface area contributed by atoms with E-state index in [1.807, 2.05) is 6.92 Å². The number of fused-ring (bicyclic) bond motifs is 1. The van der Waals surface area contributed by atoms with Crippen molar-refractivity contribution in [2.24, 2.45) is 0 Å². The number of hydrogen-bond donors (Lipinski definition) is 3. The lowest BCUT2D eigenvalue weighted by Crippen LogP contribution is -2.30. The van der Waals surface area contributed by atoms with Crippen LogP contribution in [-0.4, -0.2) is 31.2 Å². The summed E-state index contributed by atoms with van der Waals surface area (Å²) in [5, 5.41) is 8.75. The SMILES string of the molecule is CCCn1c(=O)[nH]c(=O)c2[nH]c(CCCCO)nc21. The smallest absolute Gasteiger partial charge is 0.330 e. The molecule has 2 aromatic rings. The Labute approximate surface area is 109 Å². The van der Waals surface area contributed by atoms with Crippen molar-refractivity contribution in [3.63, 3.8) is 0 Å². The highest BCUT2D eigenvalue weighted by Gasteiger charge is 2.12. The van der Waals surface area contributed by atoms with Gasteiger partial charge in [-0.15, -0.1) is 0 Å². The van der Waals surface area contributed by atoms with Crippen molar-refractivity contribution < 1.29 is 5.11 Å². The van der Waals surface area contributed by atoms with Gasteiger partial charge in [-0.3, -0.25) is 14.3 Å². The van der Waals surface area contributed by atoms with Gasteiger partial charge in [0.25, 0.3) is 5.56 Å². The number of aliphatic hydroxyl groups excluding tert-OH is 1. The van der Waals surface area contributed by atoms with Crippen LogP contribution < -0.4 is 11.2 Å². The normalized spacial score (nSPS) is 11.3. The molecule has 104 valence electrons. The zero-order chi connectivity index (χ0) is 13.8. The largest absolute Gasteiger partial charge is 0.396 e. The molecule has 3 N–H and O–H groups in total. The van der Waals surface area contributed by atoms with Gasteiger partial charge in [-0.1, -0.05) is 6.92 Å². The Kier molecular flexibility index (Phi) is 4.16. The first-order valence-electron chi connectivity index (χ1n) is 6.50. The fourth-order valence-corrected chi connectivity index (χ4v) is 2.04. The van der Waals surface area contributed by atoms with Crippen molar-refractivity contribution in [2.45, 2.75) is 39.2 Å². The van der Waals surface area contributed by atoms with Crippen molar-refractivity contribution >= 4 is 11.2 Å². The Bertz CT molecular complexity index is 668. The van der Waals surface area contributed by atoms with Gasteiger partial charge >= 0.3 is 5.69 Å². The van der Waals surface area contributed by atoms with Crippen molar-refractivity contribution in [1.29, 1.82) is 0 Å². The van der Waals surface area contributed by atoms with Crippen LogP contribution in [0.1, 0.15) is 32.0 Å². The number of nitrogens with one attached hydrogen (secondary N) is 2. The molecule has 2 heterocycles. The molecule has 0 aliphatic rings. The Morgan fingerprint density at radius 3 is 2.74 bits per heavy atom. The van der Waals surface area contributed by atoms with Crippen molar-refractivity contribution in [3.8, 4) is 0 Å². The molecule has 0 atom stereocenters. The average molecular weight is 266 g/mol. The second kappa shape index (κ2) is 5.83. The number of aromatic amines is 2. The predicted molar refractivity (Wildman–Crippen MR) is 71.3 cm³/mol. The lowest BCUT2D eigenvalue weighted by atomic mass is 10.2. The summed E-state index contributed by atoms with van der Waals surface area (Å²) in [7, 11) is 0. The van der Waals surface area contributed by atoms with Gasteiger partial charge in [0.15, 0.2) is 5.65 Å². The van der Waals surface area contributed by atoms with Gasteiger partial charge in [0.2, 0.25) is 0 Å². The van der Waals surface area contributed by atoms with Crippen molar-refractivity contribution in [1.82, 2.24) is 19.5 Å². The van der Waals surface area contributed by atoms with E-state index < -0.39 is 11.2 Å². The van der Waals surface area contributed by atoms with E-state index in [0.29, 0.717) is 36.4 Å². The third-order valence-electron chi connectivity index (χ3n) is 2.95. The van der Waals surface area contributed by atoms with E-state index in [0.717, 1.165) is 12.8 Å². The second-order valence-corrected chi connectivity index (χ2v) is 4.47. The molecule has 0 unspecified atom stereocenters. The third kappa shape index (κ3) is 2.76. The average Bonchev–Trinajstić information content (AvgIpc) is 2.79. The summed E-state index contributed by atoms with van der Waals surface area (Å²) >= 11 is 0. The summed E-state index contributed by atoms with van der Waals surface area (Å²) in [6.45, 7) is 2.62. The molecule has 0 spiro atoms. The number of rotatable bonds is 6. The van der Waals surface area contributed by atoms with Crippen LogP contribution in [0, 0.1) is 0 Å². The van der Waals surface area contributed by atoms with Gasteiger partial charge < -0.3 is 10.1 Å². The van der Waals surface area contributed by atoms with Crippen LogP contribution in [0.25, 0.3) is 11.2 Å².